The minimum Gasteiger partial charge on any atom is -0.371 e. The molecule has 0 aliphatic carbocycles. The summed E-state index contributed by atoms with van der Waals surface area (Å²) in [6.45, 7) is 5.20. The molecular formula is C14H19N3OS2. The Morgan fingerprint density at radius 2 is 2.45 bits per heavy atom. The normalized spacial score (nSPS) is 20.2. The van der Waals surface area contributed by atoms with Gasteiger partial charge in [-0.1, -0.05) is 6.92 Å². The van der Waals surface area contributed by atoms with E-state index in [2.05, 4.69) is 34.5 Å². The van der Waals surface area contributed by atoms with E-state index in [0.717, 1.165) is 46.6 Å². The van der Waals surface area contributed by atoms with Crippen LogP contribution in [0.2, 0.25) is 0 Å². The van der Waals surface area contributed by atoms with Gasteiger partial charge in [-0.3, -0.25) is 0 Å². The zero-order valence-corrected chi connectivity index (χ0v) is 13.4. The Balaban J connectivity index is 1.72. The van der Waals surface area contributed by atoms with E-state index >= 15 is 0 Å². The van der Waals surface area contributed by atoms with Crippen LogP contribution in [0.25, 0.3) is 10.6 Å². The molecule has 2 atom stereocenters. The third-order valence-electron chi connectivity index (χ3n) is 3.47. The van der Waals surface area contributed by atoms with Crippen molar-refractivity contribution in [2.75, 3.05) is 11.9 Å². The second kappa shape index (κ2) is 6.20. The topological polar surface area (TPSA) is 47.0 Å². The molecule has 0 amide bonds. The molecule has 0 bridgehead atoms. The molecule has 0 saturated carbocycles. The predicted molar refractivity (Wildman–Crippen MR) is 84.5 cm³/mol. The highest BCUT2D eigenvalue weighted by Gasteiger charge is 2.21. The van der Waals surface area contributed by atoms with Crippen molar-refractivity contribution < 1.29 is 4.74 Å². The number of nitrogens with zero attached hydrogens (tertiary/aromatic N) is 2. The number of anilines is 1. The highest BCUT2D eigenvalue weighted by atomic mass is 32.1. The Bertz CT molecular complexity index is 560. The highest BCUT2D eigenvalue weighted by molar-refractivity contribution is 7.16. The molecule has 0 radical (unpaired) electrons. The molecule has 2 aromatic rings. The van der Waals surface area contributed by atoms with Crippen LogP contribution in [0.3, 0.4) is 0 Å². The zero-order chi connectivity index (χ0) is 13.9. The minimum atomic E-state index is 0.199. The lowest BCUT2D eigenvalue weighted by Crippen LogP contribution is -2.12. The SMILES string of the molecule is CCC(C)Nc1nc(-c2cnc(C3CCCO3)s2)cs1. The van der Waals surface area contributed by atoms with Gasteiger partial charge in [0.25, 0.3) is 0 Å². The average Bonchev–Trinajstić information content (AvgIpc) is 3.18. The maximum absolute atomic E-state index is 5.68. The van der Waals surface area contributed by atoms with Crippen molar-refractivity contribution in [3.63, 3.8) is 0 Å². The molecule has 1 saturated heterocycles. The third kappa shape index (κ3) is 3.02. The fourth-order valence-corrected chi connectivity index (χ4v) is 3.95. The number of hydrogen-bond acceptors (Lipinski definition) is 6. The van der Waals surface area contributed by atoms with E-state index in [1.54, 1.807) is 22.7 Å². The summed E-state index contributed by atoms with van der Waals surface area (Å²) in [5, 5.41) is 7.58. The van der Waals surface area contributed by atoms with Gasteiger partial charge in [0.1, 0.15) is 11.1 Å². The van der Waals surface area contributed by atoms with Gasteiger partial charge in [-0.2, -0.15) is 0 Å². The number of nitrogens with one attached hydrogen (secondary N) is 1. The largest absolute Gasteiger partial charge is 0.371 e. The molecule has 0 aromatic carbocycles. The van der Waals surface area contributed by atoms with Gasteiger partial charge < -0.3 is 10.1 Å². The second-order valence-corrected chi connectivity index (χ2v) is 6.98. The summed E-state index contributed by atoms with van der Waals surface area (Å²) >= 11 is 3.36. The lowest BCUT2D eigenvalue weighted by Gasteiger charge is -2.08. The number of thiazole rings is 2. The van der Waals surface area contributed by atoms with E-state index < -0.39 is 0 Å². The van der Waals surface area contributed by atoms with Crippen molar-refractivity contribution in [1.29, 1.82) is 0 Å². The molecule has 1 fully saturated rings. The number of aromatic nitrogens is 2. The van der Waals surface area contributed by atoms with Crippen molar-refractivity contribution in [2.24, 2.45) is 0 Å². The lowest BCUT2D eigenvalue weighted by molar-refractivity contribution is 0.111. The van der Waals surface area contributed by atoms with Gasteiger partial charge in [0, 0.05) is 24.2 Å². The molecule has 0 spiro atoms. The molecule has 1 aliphatic rings. The second-order valence-electron chi connectivity index (χ2n) is 5.06. The summed E-state index contributed by atoms with van der Waals surface area (Å²) < 4.78 is 5.68. The molecule has 2 unspecified atom stereocenters. The summed E-state index contributed by atoms with van der Waals surface area (Å²) in [7, 11) is 0. The van der Waals surface area contributed by atoms with E-state index in [1.807, 2.05) is 6.20 Å². The van der Waals surface area contributed by atoms with Crippen LogP contribution in [0.15, 0.2) is 11.6 Å². The van der Waals surface area contributed by atoms with Crippen molar-refractivity contribution >= 4 is 27.8 Å². The number of ether oxygens (including phenoxy) is 1. The van der Waals surface area contributed by atoms with Gasteiger partial charge in [0.05, 0.1) is 10.6 Å². The van der Waals surface area contributed by atoms with E-state index in [-0.39, 0.29) is 6.10 Å². The first kappa shape index (κ1) is 14.0. The molecule has 1 aliphatic heterocycles. The maximum atomic E-state index is 5.68. The molecular weight excluding hydrogens is 290 g/mol. The average molecular weight is 309 g/mol. The van der Waals surface area contributed by atoms with Crippen molar-refractivity contribution in [1.82, 2.24) is 9.97 Å². The molecule has 108 valence electrons. The van der Waals surface area contributed by atoms with Crippen molar-refractivity contribution in [2.45, 2.75) is 45.3 Å². The molecule has 20 heavy (non-hydrogen) atoms. The van der Waals surface area contributed by atoms with Gasteiger partial charge >= 0.3 is 0 Å². The summed E-state index contributed by atoms with van der Waals surface area (Å²) in [5.74, 6) is 0. The summed E-state index contributed by atoms with van der Waals surface area (Å²) in [6.07, 6.45) is 5.44. The predicted octanol–water partition coefficient (Wildman–Crippen LogP) is 4.33. The van der Waals surface area contributed by atoms with E-state index in [1.165, 1.54) is 0 Å². The summed E-state index contributed by atoms with van der Waals surface area (Å²) in [4.78, 5) is 10.3. The number of rotatable bonds is 5. The lowest BCUT2D eigenvalue weighted by atomic mass is 10.2. The Morgan fingerprint density at radius 1 is 1.55 bits per heavy atom. The zero-order valence-electron chi connectivity index (χ0n) is 11.8. The Hall–Kier alpha value is -0.980. The van der Waals surface area contributed by atoms with Crippen LogP contribution < -0.4 is 5.32 Å². The molecule has 3 heterocycles. The van der Waals surface area contributed by atoms with Crippen LogP contribution in [0.5, 0.6) is 0 Å². The molecule has 6 heteroatoms. The van der Waals surface area contributed by atoms with Gasteiger partial charge in [-0.15, -0.1) is 22.7 Å². The Morgan fingerprint density at radius 3 is 3.20 bits per heavy atom. The van der Waals surface area contributed by atoms with Crippen LogP contribution in [0.1, 0.15) is 44.2 Å². The van der Waals surface area contributed by atoms with Gasteiger partial charge in [0.15, 0.2) is 5.13 Å². The van der Waals surface area contributed by atoms with Crippen LogP contribution in [0, 0.1) is 0 Å². The first-order valence-corrected chi connectivity index (χ1v) is 8.75. The smallest absolute Gasteiger partial charge is 0.183 e. The van der Waals surface area contributed by atoms with Crippen molar-refractivity contribution in [3.8, 4) is 10.6 Å². The summed E-state index contributed by atoms with van der Waals surface area (Å²) in [6, 6.07) is 0.456. The van der Waals surface area contributed by atoms with Gasteiger partial charge in [-0.05, 0) is 26.2 Å². The van der Waals surface area contributed by atoms with E-state index in [9.17, 15) is 0 Å². The summed E-state index contributed by atoms with van der Waals surface area (Å²) in [5.41, 5.74) is 1.02. The standard InChI is InChI=1S/C14H19N3OS2/c1-3-9(2)16-14-17-10(8-19-14)12-7-15-13(20-12)11-5-4-6-18-11/h7-9,11H,3-6H2,1-2H3,(H,16,17). The quantitative estimate of drug-likeness (QED) is 0.893. The van der Waals surface area contributed by atoms with Crippen LogP contribution >= 0.6 is 22.7 Å². The monoisotopic (exact) mass is 309 g/mol. The maximum Gasteiger partial charge on any atom is 0.183 e. The molecule has 1 N–H and O–H groups in total. The first-order valence-electron chi connectivity index (χ1n) is 7.06. The number of hydrogen-bond donors (Lipinski definition) is 1. The molecule has 4 nitrogen and oxygen atoms in total. The first-order chi connectivity index (χ1) is 9.76. The van der Waals surface area contributed by atoms with Crippen LogP contribution in [-0.4, -0.2) is 22.6 Å². The van der Waals surface area contributed by atoms with Crippen LogP contribution in [-0.2, 0) is 4.74 Å². The molecule has 2 aromatic heterocycles. The minimum absolute atomic E-state index is 0.199. The van der Waals surface area contributed by atoms with Gasteiger partial charge in [0.2, 0.25) is 0 Å². The molecule has 3 rings (SSSR count). The van der Waals surface area contributed by atoms with Gasteiger partial charge in [-0.25, -0.2) is 9.97 Å². The fourth-order valence-electron chi connectivity index (χ4n) is 2.09. The Kier molecular flexibility index (Phi) is 4.33. The highest BCUT2D eigenvalue weighted by Crippen LogP contribution is 2.36. The fraction of sp³-hybridized carbons (Fsp3) is 0.571. The van der Waals surface area contributed by atoms with Crippen LogP contribution in [0.4, 0.5) is 5.13 Å². The van der Waals surface area contributed by atoms with E-state index in [4.69, 9.17) is 4.74 Å². The van der Waals surface area contributed by atoms with E-state index in [0.29, 0.717) is 6.04 Å². The van der Waals surface area contributed by atoms with Crippen molar-refractivity contribution in [3.05, 3.63) is 16.6 Å². The Labute approximate surface area is 127 Å². The third-order valence-corrected chi connectivity index (χ3v) is 5.35.